The highest BCUT2D eigenvalue weighted by atomic mass is 16.1. The smallest absolute Gasteiger partial charge is 0.160 e. The van der Waals surface area contributed by atoms with Crippen LogP contribution in [-0.4, -0.2) is 11.6 Å². The minimum absolute atomic E-state index is 0.00926. The number of ketones is 2. The molecule has 0 fully saturated rings. The van der Waals surface area contributed by atoms with E-state index in [2.05, 4.69) is 0 Å². The largest absolute Gasteiger partial charge is 0.295 e. The highest BCUT2D eigenvalue weighted by Crippen LogP contribution is 2.15. The number of rotatable bonds is 3. The molecule has 2 nitrogen and oxygen atoms in total. The molecule has 0 bridgehead atoms. The van der Waals surface area contributed by atoms with Gasteiger partial charge in [-0.3, -0.25) is 9.59 Å². The van der Waals surface area contributed by atoms with Crippen LogP contribution in [0.5, 0.6) is 0 Å². The van der Waals surface area contributed by atoms with Crippen molar-refractivity contribution in [1.82, 2.24) is 0 Å². The Labute approximate surface area is 79.3 Å². The summed E-state index contributed by atoms with van der Waals surface area (Å²) in [4.78, 5) is 22.0. The summed E-state index contributed by atoms with van der Waals surface area (Å²) in [5.41, 5.74) is 2.36. The Kier molecular flexibility index (Phi) is 4.32. The van der Waals surface area contributed by atoms with Crippen LogP contribution in [0.2, 0.25) is 0 Å². The molecule has 0 aliphatic heterocycles. The molecule has 0 aliphatic carbocycles. The quantitative estimate of drug-likeness (QED) is 0.494. The summed E-state index contributed by atoms with van der Waals surface area (Å²) in [7, 11) is 0. The predicted octanol–water partition coefficient (Wildman–Crippen LogP) is 2.45. The molecule has 0 saturated carbocycles. The first-order valence-electron chi connectivity index (χ1n) is 4.24. The zero-order valence-electron chi connectivity index (χ0n) is 8.89. The van der Waals surface area contributed by atoms with Crippen molar-refractivity contribution >= 4 is 11.6 Å². The second-order valence-electron chi connectivity index (χ2n) is 3.37. The molecule has 0 aromatic rings. The van der Waals surface area contributed by atoms with Gasteiger partial charge in [0.05, 0.1) is 0 Å². The van der Waals surface area contributed by atoms with Crippen molar-refractivity contribution in [2.75, 3.05) is 0 Å². The maximum atomic E-state index is 11.2. The average Bonchev–Trinajstić information content (AvgIpc) is 1.81. The number of carbonyl (C=O) groups excluding carboxylic acids is 2. The van der Waals surface area contributed by atoms with Crippen LogP contribution >= 0.6 is 0 Å². The van der Waals surface area contributed by atoms with Crippen molar-refractivity contribution in [3.05, 3.63) is 22.8 Å². The zero-order chi connectivity index (χ0) is 10.6. The summed E-state index contributed by atoms with van der Waals surface area (Å²) >= 11 is 0. The Morgan fingerprint density at radius 3 is 1.62 bits per heavy atom. The second kappa shape index (κ2) is 4.75. The first-order valence-corrected chi connectivity index (χ1v) is 4.24. The molecule has 0 atom stereocenters. The summed E-state index contributed by atoms with van der Waals surface area (Å²) in [6, 6.07) is 0. The third-order valence-corrected chi connectivity index (χ3v) is 1.67. The summed E-state index contributed by atoms with van der Waals surface area (Å²) in [6.07, 6.45) is 1.49. The molecule has 0 saturated heterocycles. The Hall–Kier alpha value is -1.18. The van der Waals surface area contributed by atoms with E-state index < -0.39 is 0 Å². The van der Waals surface area contributed by atoms with E-state index in [0.29, 0.717) is 5.57 Å². The van der Waals surface area contributed by atoms with Crippen LogP contribution in [0.1, 0.15) is 34.6 Å². The third kappa shape index (κ3) is 3.83. The van der Waals surface area contributed by atoms with Gasteiger partial charge in [-0.2, -0.15) is 0 Å². The van der Waals surface area contributed by atoms with E-state index in [9.17, 15) is 9.59 Å². The lowest BCUT2D eigenvalue weighted by molar-refractivity contribution is -0.113. The van der Waals surface area contributed by atoms with E-state index in [4.69, 9.17) is 0 Å². The molecule has 0 unspecified atom stereocenters. The SMILES string of the molecule is CC(=O)/C=C(/C)C(C(C)=O)=C(C)C. The van der Waals surface area contributed by atoms with Crippen molar-refractivity contribution < 1.29 is 9.59 Å². The number of hydrogen-bond donors (Lipinski definition) is 0. The van der Waals surface area contributed by atoms with Gasteiger partial charge in [0.1, 0.15) is 0 Å². The maximum absolute atomic E-state index is 11.2. The van der Waals surface area contributed by atoms with Crippen molar-refractivity contribution in [1.29, 1.82) is 0 Å². The van der Waals surface area contributed by atoms with E-state index in [1.54, 1.807) is 6.92 Å². The highest BCUT2D eigenvalue weighted by Gasteiger charge is 2.08. The van der Waals surface area contributed by atoms with Crippen molar-refractivity contribution in [2.45, 2.75) is 34.6 Å². The average molecular weight is 180 g/mol. The lowest BCUT2D eigenvalue weighted by Gasteiger charge is -2.05. The highest BCUT2D eigenvalue weighted by molar-refractivity contribution is 6.00. The van der Waals surface area contributed by atoms with Crippen LogP contribution in [0.25, 0.3) is 0 Å². The van der Waals surface area contributed by atoms with Gasteiger partial charge >= 0.3 is 0 Å². The molecule has 72 valence electrons. The number of allylic oxidation sites excluding steroid dienone is 4. The van der Waals surface area contributed by atoms with Crippen LogP contribution in [0, 0.1) is 0 Å². The van der Waals surface area contributed by atoms with Gasteiger partial charge in [0.15, 0.2) is 11.6 Å². The molecule has 0 aromatic heterocycles. The van der Waals surface area contributed by atoms with Crippen LogP contribution in [0.3, 0.4) is 0 Å². The zero-order valence-corrected chi connectivity index (χ0v) is 8.89. The first kappa shape index (κ1) is 11.8. The third-order valence-electron chi connectivity index (χ3n) is 1.67. The van der Waals surface area contributed by atoms with E-state index in [0.717, 1.165) is 11.1 Å². The van der Waals surface area contributed by atoms with Crippen molar-refractivity contribution in [3.8, 4) is 0 Å². The molecule has 0 N–H and O–H groups in total. The van der Waals surface area contributed by atoms with Crippen LogP contribution in [-0.2, 0) is 9.59 Å². The van der Waals surface area contributed by atoms with Crippen molar-refractivity contribution in [2.24, 2.45) is 0 Å². The second-order valence-corrected chi connectivity index (χ2v) is 3.37. The molecular weight excluding hydrogens is 164 g/mol. The molecule has 0 amide bonds. The van der Waals surface area contributed by atoms with Crippen molar-refractivity contribution in [3.63, 3.8) is 0 Å². The van der Waals surface area contributed by atoms with Gasteiger partial charge in [-0.1, -0.05) is 5.57 Å². The fraction of sp³-hybridized carbons (Fsp3) is 0.455. The van der Waals surface area contributed by atoms with Crippen LogP contribution in [0.4, 0.5) is 0 Å². The topological polar surface area (TPSA) is 34.1 Å². The Bertz CT molecular complexity index is 289. The van der Waals surface area contributed by atoms with E-state index >= 15 is 0 Å². The molecule has 0 aliphatic rings. The number of hydrogen-bond acceptors (Lipinski definition) is 2. The fourth-order valence-electron chi connectivity index (χ4n) is 1.40. The van der Waals surface area contributed by atoms with E-state index in [1.165, 1.54) is 19.9 Å². The molecule has 0 radical (unpaired) electrons. The van der Waals surface area contributed by atoms with Gasteiger partial charge in [0, 0.05) is 5.57 Å². The van der Waals surface area contributed by atoms with E-state index in [1.807, 2.05) is 13.8 Å². The summed E-state index contributed by atoms with van der Waals surface area (Å²) in [5, 5.41) is 0. The number of Topliss-reactive ketones (excluding diaryl/α,β-unsaturated/α-hetero) is 1. The molecule has 0 aromatic carbocycles. The Morgan fingerprint density at radius 2 is 1.38 bits per heavy atom. The predicted molar refractivity (Wildman–Crippen MR) is 53.5 cm³/mol. The molecule has 0 spiro atoms. The standard InChI is InChI=1S/C11H16O2/c1-7(2)11(10(5)13)8(3)6-9(4)12/h6H,1-5H3/b8-6-. The molecule has 0 heterocycles. The van der Waals surface area contributed by atoms with Crippen LogP contribution < -0.4 is 0 Å². The Balaban J connectivity index is 5.13. The molecule has 2 heteroatoms. The maximum Gasteiger partial charge on any atom is 0.160 e. The lowest BCUT2D eigenvalue weighted by atomic mass is 9.98. The summed E-state index contributed by atoms with van der Waals surface area (Å²) in [5.74, 6) is -0.0208. The van der Waals surface area contributed by atoms with E-state index in [-0.39, 0.29) is 11.6 Å². The number of carbonyl (C=O) groups is 2. The van der Waals surface area contributed by atoms with Crippen LogP contribution in [0.15, 0.2) is 22.8 Å². The molecular formula is C11H16O2. The summed E-state index contributed by atoms with van der Waals surface area (Å²) < 4.78 is 0. The Morgan fingerprint density at radius 1 is 0.923 bits per heavy atom. The van der Waals surface area contributed by atoms with Gasteiger partial charge in [0.2, 0.25) is 0 Å². The van der Waals surface area contributed by atoms with Gasteiger partial charge in [-0.25, -0.2) is 0 Å². The van der Waals surface area contributed by atoms with Gasteiger partial charge in [0.25, 0.3) is 0 Å². The molecule has 13 heavy (non-hydrogen) atoms. The minimum Gasteiger partial charge on any atom is -0.295 e. The monoisotopic (exact) mass is 180 g/mol. The fourth-order valence-corrected chi connectivity index (χ4v) is 1.40. The van der Waals surface area contributed by atoms with Gasteiger partial charge in [-0.05, 0) is 46.3 Å². The lowest BCUT2D eigenvalue weighted by Crippen LogP contribution is -2.02. The minimum atomic E-state index is -0.0301. The first-order chi connectivity index (χ1) is 5.86. The summed E-state index contributed by atoms with van der Waals surface area (Å²) in [6.45, 7) is 8.51. The molecule has 0 rings (SSSR count). The van der Waals surface area contributed by atoms with Gasteiger partial charge in [-0.15, -0.1) is 0 Å². The normalized spacial score (nSPS) is 11.0. The van der Waals surface area contributed by atoms with Gasteiger partial charge < -0.3 is 0 Å².